The van der Waals surface area contributed by atoms with Crippen molar-refractivity contribution in [2.45, 2.75) is 13.1 Å². The molecule has 0 aliphatic rings. The van der Waals surface area contributed by atoms with E-state index in [1.165, 1.54) is 24.0 Å². The number of halogens is 3. The molecule has 0 atom stereocenters. The summed E-state index contributed by atoms with van der Waals surface area (Å²) in [5, 5.41) is 5.75. The van der Waals surface area contributed by atoms with Crippen LogP contribution in [0, 0.1) is 0 Å². The number of anilines is 3. The Bertz CT molecular complexity index is 775. The molecule has 0 aromatic heterocycles. The number of nitrogens with zero attached hydrogens (tertiary/aromatic N) is 1. The van der Waals surface area contributed by atoms with Crippen molar-refractivity contribution in [3.05, 3.63) is 54.1 Å². The first-order valence-electron chi connectivity index (χ1n) is 7.26. The van der Waals surface area contributed by atoms with Gasteiger partial charge in [-0.1, -0.05) is 6.07 Å². The Labute approximate surface area is 148 Å². The monoisotopic (exact) mass is 367 g/mol. The molecule has 1 amide bonds. The number of rotatable bonds is 3. The van der Waals surface area contributed by atoms with E-state index in [1.54, 1.807) is 31.3 Å². The van der Waals surface area contributed by atoms with E-state index in [0.717, 1.165) is 17.8 Å². The van der Waals surface area contributed by atoms with Crippen molar-refractivity contribution >= 4 is 40.3 Å². The van der Waals surface area contributed by atoms with Crippen LogP contribution in [0.4, 0.5) is 30.2 Å². The van der Waals surface area contributed by atoms with Crippen LogP contribution in [-0.2, 0) is 11.0 Å². The lowest BCUT2D eigenvalue weighted by molar-refractivity contribution is -0.137. The lowest BCUT2D eigenvalue weighted by atomic mass is 10.2. The zero-order valence-electron chi connectivity index (χ0n) is 13.5. The minimum atomic E-state index is -4.41. The van der Waals surface area contributed by atoms with Crippen LogP contribution in [0.15, 0.2) is 48.5 Å². The van der Waals surface area contributed by atoms with E-state index >= 15 is 0 Å². The van der Waals surface area contributed by atoms with Gasteiger partial charge in [0, 0.05) is 31.0 Å². The van der Waals surface area contributed by atoms with Crippen LogP contribution < -0.4 is 15.5 Å². The quantitative estimate of drug-likeness (QED) is 0.784. The summed E-state index contributed by atoms with van der Waals surface area (Å²) >= 11 is 5.11. The average Bonchev–Trinajstić information content (AvgIpc) is 2.54. The zero-order chi connectivity index (χ0) is 18.6. The number of carbonyl (C=O) groups is 1. The molecule has 0 bridgehead atoms. The maximum Gasteiger partial charge on any atom is 0.416 e. The van der Waals surface area contributed by atoms with E-state index in [1.807, 2.05) is 0 Å². The molecule has 2 N–H and O–H groups in total. The molecule has 0 aliphatic heterocycles. The molecule has 25 heavy (non-hydrogen) atoms. The van der Waals surface area contributed by atoms with Crippen molar-refractivity contribution in [2.24, 2.45) is 0 Å². The molecule has 8 heteroatoms. The van der Waals surface area contributed by atoms with E-state index in [-0.39, 0.29) is 16.7 Å². The fourth-order valence-electron chi connectivity index (χ4n) is 2.02. The average molecular weight is 367 g/mol. The van der Waals surface area contributed by atoms with Gasteiger partial charge in [-0.15, -0.1) is 0 Å². The third-order valence-corrected chi connectivity index (χ3v) is 3.64. The third-order valence-electron chi connectivity index (χ3n) is 3.43. The highest BCUT2D eigenvalue weighted by molar-refractivity contribution is 7.80. The van der Waals surface area contributed by atoms with Gasteiger partial charge in [0.05, 0.1) is 5.56 Å². The maximum absolute atomic E-state index is 12.7. The summed E-state index contributed by atoms with van der Waals surface area (Å²) in [7, 11) is 1.66. The molecule has 0 radical (unpaired) electrons. The highest BCUT2D eigenvalue weighted by atomic mass is 32.1. The standard InChI is InChI=1S/C17H16F3N3OS/c1-11(24)23(2)15-8-6-13(7-9-15)21-16(25)22-14-5-3-4-12(10-14)17(18,19)20/h3-10H,1-2H3,(H2,21,22,25). The molecule has 0 saturated carbocycles. The van der Waals surface area contributed by atoms with Gasteiger partial charge in [0.25, 0.3) is 0 Å². The zero-order valence-corrected chi connectivity index (χ0v) is 14.3. The number of hydrogen-bond acceptors (Lipinski definition) is 2. The summed E-state index contributed by atoms with van der Waals surface area (Å²) in [4.78, 5) is 12.8. The molecule has 0 spiro atoms. The molecule has 4 nitrogen and oxygen atoms in total. The van der Waals surface area contributed by atoms with Crippen LogP contribution in [0.25, 0.3) is 0 Å². The molecule has 0 heterocycles. The minimum absolute atomic E-state index is 0.0950. The van der Waals surface area contributed by atoms with Gasteiger partial charge in [-0.05, 0) is 54.7 Å². The molecule has 0 unspecified atom stereocenters. The number of benzene rings is 2. The summed E-state index contributed by atoms with van der Waals surface area (Å²) in [6.45, 7) is 1.46. The smallest absolute Gasteiger partial charge is 0.332 e. The molecule has 132 valence electrons. The van der Waals surface area contributed by atoms with E-state index in [2.05, 4.69) is 10.6 Å². The SMILES string of the molecule is CC(=O)N(C)c1ccc(NC(=S)Nc2cccc(C(F)(F)F)c2)cc1. The predicted octanol–water partition coefficient (Wildman–Crippen LogP) is 4.50. The molecule has 0 fully saturated rings. The van der Waals surface area contributed by atoms with Crippen molar-refractivity contribution < 1.29 is 18.0 Å². The van der Waals surface area contributed by atoms with Gasteiger partial charge >= 0.3 is 6.18 Å². The number of thiocarbonyl (C=S) groups is 1. The van der Waals surface area contributed by atoms with Crippen LogP contribution in [0.2, 0.25) is 0 Å². The summed E-state index contributed by atoms with van der Waals surface area (Å²) in [5.41, 5.74) is 0.845. The van der Waals surface area contributed by atoms with E-state index in [0.29, 0.717) is 5.69 Å². The van der Waals surface area contributed by atoms with Gasteiger partial charge < -0.3 is 15.5 Å². The third kappa shape index (κ3) is 5.18. The van der Waals surface area contributed by atoms with E-state index in [9.17, 15) is 18.0 Å². The number of amides is 1. The molecular formula is C17H16F3N3OS. The summed E-state index contributed by atoms with van der Waals surface area (Å²) in [5.74, 6) is -0.0950. The first-order chi connectivity index (χ1) is 11.7. The Morgan fingerprint density at radius 2 is 1.64 bits per heavy atom. The van der Waals surface area contributed by atoms with Gasteiger partial charge in [-0.25, -0.2) is 0 Å². The second kappa shape index (κ2) is 7.52. The Kier molecular flexibility index (Phi) is 5.63. The van der Waals surface area contributed by atoms with Crippen LogP contribution in [0.5, 0.6) is 0 Å². The second-order valence-corrected chi connectivity index (χ2v) is 5.69. The number of alkyl halides is 3. The number of carbonyl (C=O) groups excluding carboxylic acids is 1. The van der Waals surface area contributed by atoms with Crippen molar-refractivity contribution in [3.63, 3.8) is 0 Å². The van der Waals surface area contributed by atoms with E-state index < -0.39 is 11.7 Å². The van der Waals surface area contributed by atoms with Crippen LogP contribution in [0.3, 0.4) is 0 Å². The van der Waals surface area contributed by atoms with Crippen molar-refractivity contribution in [1.82, 2.24) is 0 Å². The van der Waals surface area contributed by atoms with Crippen LogP contribution in [-0.4, -0.2) is 18.1 Å². The predicted molar refractivity (Wildman–Crippen MR) is 96.8 cm³/mol. The van der Waals surface area contributed by atoms with E-state index in [4.69, 9.17) is 12.2 Å². The Morgan fingerprint density at radius 1 is 1.04 bits per heavy atom. The normalized spacial score (nSPS) is 10.9. The van der Waals surface area contributed by atoms with Gasteiger partial charge in [0.15, 0.2) is 5.11 Å². The minimum Gasteiger partial charge on any atom is -0.332 e. The maximum atomic E-state index is 12.7. The molecule has 0 aliphatic carbocycles. The topological polar surface area (TPSA) is 44.4 Å². The molecule has 2 aromatic rings. The fourth-order valence-corrected chi connectivity index (χ4v) is 2.25. The Morgan fingerprint density at radius 3 is 2.20 bits per heavy atom. The molecule has 2 rings (SSSR count). The van der Waals surface area contributed by atoms with Crippen molar-refractivity contribution in [2.75, 3.05) is 22.6 Å². The Balaban J connectivity index is 2.02. The fraction of sp³-hybridized carbons (Fsp3) is 0.176. The van der Waals surface area contributed by atoms with Crippen molar-refractivity contribution in [1.29, 1.82) is 0 Å². The first kappa shape index (κ1) is 18.7. The second-order valence-electron chi connectivity index (χ2n) is 5.28. The number of hydrogen-bond donors (Lipinski definition) is 2. The lowest BCUT2D eigenvalue weighted by Gasteiger charge is -2.16. The number of nitrogens with one attached hydrogen (secondary N) is 2. The molecular weight excluding hydrogens is 351 g/mol. The highest BCUT2D eigenvalue weighted by Gasteiger charge is 2.30. The largest absolute Gasteiger partial charge is 0.416 e. The molecule has 2 aromatic carbocycles. The first-order valence-corrected chi connectivity index (χ1v) is 7.67. The van der Waals surface area contributed by atoms with Crippen molar-refractivity contribution in [3.8, 4) is 0 Å². The highest BCUT2D eigenvalue weighted by Crippen LogP contribution is 2.30. The Hall–Kier alpha value is -2.61. The van der Waals surface area contributed by atoms with Gasteiger partial charge in [-0.2, -0.15) is 13.2 Å². The lowest BCUT2D eigenvalue weighted by Crippen LogP contribution is -2.23. The summed E-state index contributed by atoms with van der Waals surface area (Å²) in [6.07, 6.45) is -4.41. The van der Waals surface area contributed by atoms with Gasteiger partial charge in [0.1, 0.15) is 0 Å². The summed E-state index contributed by atoms with van der Waals surface area (Å²) < 4.78 is 38.1. The van der Waals surface area contributed by atoms with Crippen LogP contribution >= 0.6 is 12.2 Å². The summed E-state index contributed by atoms with van der Waals surface area (Å²) in [6, 6.07) is 11.7. The van der Waals surface area contributed by atoms with Gasteiger partial charge in [0.2, 0.25) is 5.91 Å². The van der Waals surface area contributed by atoms with Gasteiger partial charge in [-0.3, -0.25) is 4.79 Å². The van der Waals surface area contributed by atoms with Crippen LogP contribution in [0.1, 0.15) is 12.5 Å². The molecule has 0 saturated heterocycles.